The summed E-state index contributed by atoms with van der Waals surface area (Å²) in [4.78, 5) is 12.8. The lowest BCUT2D eigenvalue weighted by molar-refractivity contribution is -0.126. The standard InChI is InChI=1S/C23H30N2O4S/c1-17-8-4-5-9-20(17)16-30(27,28)25-14-12-19(13-15-25)23(26)24-18(2)21-10-6-7-11-22(21)29-3/h4-11,18-19H,12-16H2,1-3H3,(H,24,26)/t18-/m1/s1. The first-order valence-corrected chi connectivity index (χ1v) is 11.9. The zero-order chi connectivity index (χ0) is 21.7. The van der Waals surface area contributed by atoms with Crippen LogP contribution in [0.15, 0.2) is 48.5 Å². The average molecular weight is 431 g/mol. The summed E-state index contributed by atoms with van der Waals surface area (Å²) in [7, 11) is -1.79. The number of sulfonamides is 1. The summed E-state index contributed by atoms with van der Waals surface area (Å²) in [5.74, 6) is 0.514. The van der Waals surface area contributed by atoms with Crippen molar-refractivity contribution in [2.45, 2.75) is 38.5 Å². The number of para-hydroxylation sites is 1. The Balaban J connectivity index is 1.57. The van der Waals surface area contributed by atoms with E-state index in [0.717, 1.165) is 22.4 Å². The number of aryl methyl sites for hydroxylation is 1. The first-order chi connectivity index (χ1) is 14.3. The summed E-state index contributed by atoms with van der Waals surface area (Å²) in [6.45, 7) is 4.59. The molecule has 30 heavy (non-hydrogen) atoms. The van der Waals surface area contributed by atoms with Gasteiger partial charge in [0.15, 0.2) is 0 Å². The van der Waals surface area contributed by atoms with E-state index in [9.17, 15) is 13.2 Å². The van der Waals surface area contributed by atoms with Gasteiger partial charge in [-0.2, -0.15) is 0 Å². The molecule has 0 radical (unpaired) electrons. The highest BCUT2D eigenvalue weighted by Crippen LogP contribution is 2.27. The van der Waals surface area contributed by atoms with E-state index in [-0.39, 0.29) is 23.6 Å². The molecule has 6 nitrogen and oxygen atoms in total. The first-order valence-electron chi connectivity index (χ1n) is 10.3. The van der Waals surface area contributed by atoms with Gasteiger partial charge in [0.1, 0.15) is 5.75 Å². The van der Waals surface area contributed by atoms with Crippen LogP contribution in [0.5, 0.6) is 5.75 Å². The molecule has 162 valence electrons. The molecule has 1 aliphatic heterocycles. The number of amides is 1. The molecule has 1 atom stereocenters. The van der Waals surface area contributed by atoms with Gasteiger partial charge in [0.2, 0.25) is 15.9 Å². The number of nitrogens with zero attached hydrogens (tertiary/aromatic N) is 1. The maximum atomic E-state index is 12.8. The normalized spacial score (nSPS) is 16.8. The van der Waals surface area contributed by atoms with Gasteiger partial charge in [-0.25, -0.2) is 12.7 Å². The Labute approximate surface area is 179 Å². The van der Waals surface area contributed by atoms with Crippen LogP contribution in [0, 0.1) is 12.8 Å². The van der Waals surface area contributed by atoms with E-state index in [1.807, 2.05) is 62.4 Å². The number of methoxy groups -OCH3 is 1. The fourth-order valence-corrected chi connectivity index (χ4v) is 5.56. The van der Waals surface area contributed by atoms with Crippen LogP contribution in [-0.2, 0) is 20.6 Å². The summed E-state index contributed by atoms with van der Waals surface area (Å²) >= 11 is 0. The molecule has 0 unspecified atom stereocenters. The van der Waals surface area contributed by atoms with Crippen molar-refractivity contribution in [3.8, 4) is 5.75 Å². The zero-order valence-corrected chi connectivity index (χ0v) is 18.6. The van der Waals surface area contributed by atoms with Crippen molar-refractivity contribution in [3.63, 3.8) is 0 Å². The Hall–Kier alpha value is -2.38. The molecule has 2 aromatic rings. The highest BCUT2D eigenvalue weighted by molar-refractivity contribution is 7.88. The minimum absolute atomic E-state index is 0.00136. The van der Waals surface area contributed by atoms with Gasteiger partial charge in [-0.05, 0) is 43.9 Å². The molecule has 0 bridgehead atoms. The second-order valence-electron chi connectivity index (χ2n) is 7.83. The maximum Gasteiger partial charge on any atom is 0.223 e. The van der Waals surface area contributed by atoms with Gasteiger partial charge in [-0.1, -0.05) is 42.5 Å². The third kappa shape index (κ3) is 5.21. The second kappa shape index (κ2) is 9.62. The third-order valence-corrected chi connectivity index (χ3v) is 7.61. The molecule has 0 spiro atoms. The fourth-order valence-electron chi connectivity index (χ4n) is 3.89. The van der Waals surface area contributed by atoms with Crippen LogP contribution < -0.4 is 10.1 Å². The molecule has 3 rings (SSSR count). The first kappa shape index (κ1) is 22.3. The van der Waals surface area contributed by atoms with Gasteiger partial charge in [0, 0.05) is 24.6 Å². The number of hydrogen-bond acceptors (Lipinski definition) is 4. The molecule has 1 heterocycles. The van der Waals surface area contributed by atoms with Crippen LogP contribution in [0.3, 0.4) is 0 Å². The van der Waals surface area contributed by atoms with E-state index in [1.165, 1.54) is 4.31 Å². The summed E-state index contributed by atoms with van der Waals surface area (Å²) in [6.07, 6.45) is 1.05. The topological polar surface area (TPSA) is 75.7 Å². The Kier molecular flexibility index (Phi) is 7.15. The minimum Gasteiger partial charge on any atom is -0.496 e. The number of piperidine rings is 1. The van der Waals surface area contributed by atoms with Gasteiger partial charge in [0.05, 0.1) is 18.9 Å². The molecule has 1 amide bonds. The number of rotatable bonds is 7. The van der Waals surface area contributed by atoms with Gasteiger partial charge in [-0.3, -0.25) is 4.79 Å². The largest absolute Gasteiger partial charge is 0.496 e. The molecule has 1 aliphatic rings. The monoisotopic (exact) mass is 430 g/mol. The number of benzene rings is 2. The van der Waals surface area contributed by atoms with Crippen LogP contribution in [-0.4, -0.2) is 38.8 Å². The van der Waals surface area contributed by atoms with Crippen LogP contribution in [0.1, 0.15) is 42.5 Å². The lowest BCUT2D eigenvalue weighted by atomic mass is 9.96. The van der Waals surface area contributed by atoms with Crippen molar-refractivity contribution in [2.75, 3.05) is 20.2 Å². The van der Waals surface area contributed by atoms with E-state index < -0.39 is 10.0 Å². The summed E-state index contributed by atoms with van der Waals surface area (Å²) in [5.41, 5.74) is 2.72. The smallest absolute Gasteiger partial charge is 0.223 e. The summed E-state index contributed by atoms with van der Waals surface area (Å²) < 4.78 is 32.6. The highest BCUT2D eigenvalue weighted by Gasteiger charge is 2.32. The Morgan fingerprint density at radius 2 is 1.77 bits per heavy atom. The number of carbonyl (C=O) groups excluding carboxylic acids is 1. The van der Waals surface area contributed by atoms with Crippen LogP contribution in [0.25, 0.3) is 0 Å². The molecule has 1 fully saturated rings. The summed E-state index contributed by atoms with van der Waals surface area (Å²) in [6, 6.07) is 15.0. The van der Waals surface area contributed by atoms with E-state index in [1.54, 1.807) is 7.11 Å². The number of ether oxygens (including phenoxy) is 1. The minimum atomic E-state index is -3.40. The van der Waals surface area contributed by atoms with Gasteiger partial charge in [-0.15, -0.1) is 0 Å². The molecular weight excluding hydrogens is 400 g/mol. The Morgan fingerprint density at radius 3 is 2.43 bits per heavy atom. The van der Waals surface area contributed by atoms with E-state index >= 15 is 0 Å². The SMILES string of the molecule is COc1ccccc1[C@@H](C)NC(=O)C1CCN(S(=O)(=O)Cc2ccccc2C)CC1. The van der Waals surface area contributed by atoms with Crippen molar-refractivity contribution in [1.29, 1.82) is 0 Å². The van der Waals surface area contributed by atoms with E-state index in [4.69, 9.17) is 4.74 Å². The molecule has 1 saturated heterocycles. The van der Waals surface area contributed by atoms with Crippen molar-refractivity contribution >= 4 is 15.9 Å². The van der Waals surface area contributed by atoms with Crippen LogP contribution in [0.4, 0.5) is 0 Å². The quantitative estimate of drug-likeness (QED) is 0.730. The molecule has 0 aliphatic carbocycles. The van der Waals surface area contributed by atoms with Crippen molar-refractivity contribution in [2.24, 2.45) is 5.92 Å². The number of hydrogen-bond donors (Lipinski definition) is 1. The molecule has 0 aromatic heterocycles. The maximum absolute atomic E-state index is 12.8. The predicted molar refractivity (Wildman–Crippen MR) is 118 cm³/mol. The van der Waals surface area contributed by atoms with Crippen LogP contribution in [0.2, 0.25) is 0 Å². The molecule has 2 aromatic carbocycles. The zero-order valence-electron chi connectivity index (χ0n) is 17.8. The average Bonchev–Trinajstić information content (AvgIpc) is 2.75. The molecule has 7 heteroatoms. The predicted octanol–water partition coefficient (Wildman–Crippen LogP) is 3.42. The molecule has 1 N–H and O–H groups in total. The Bertz CT molecular complexity index is 982. The van der Waals surface area contributed by atoms with E-state index in [0.29, 0.717) is 25.9 Å². The van der Waals surface area contributed by atoms with E-state index in [2.05, 4.69) is 5.32 Å². The lowest BCUT2D eigenvalue weighted by Gasteiger charge is -2.31. The fraction of sp³-hybridized carbons (Fsp3) is 0.435. The van der Waals surface area contributed by atoms with Crippen LogP contribution >= 0.6 is 0 Å². The lowest BCUT2D eigenvalue weighted by Crippen LogP contribution is -2.43. The van der Waals surface area contributed by atoms with Crippen molar-refractivity contribution in [1.82, 2.24) is 9.62 Å². The third-order valence-electron chi connectivity index (χ3n) is 5.78. The van der Waals surface area contributed by atoms with Gasteiger partial charge >= 0.3 is 0 Å². The number of nitrogens with one attached hydrogen (secondary N) is 1. The van der Waals surface area contributed by atoms with Gasteiger partial charge < -0.3 is 10.1 Å². The Morgan fingerprint density at radius 1 is 1.13 bits per heavy atom. The number of carbonyl (C=O) groups is 1. The molecular formula is C23H30N2O4S. The van der Waals surface area contributed by atoms with Crippen molar-refractivity contribution in [3.05, 3.63) is 65.2 Å². The molecule has 0 saturated carbocycles. The van der Waals surface area contributed by atoms with Gasteiger partial charge in [0.25, 0.3) is 0 Å². The van der Waals surface area contributed by atoms with Crippen molar-refractivity contribution < 1.29 is 17.9 Å². The second-order valence-corrected chi connectivity index (χ2v) is 9.80. The highest BCUT2D eigenvalue weighted by atomic mass is 32.2. The summed E-state index contributed by atoms with van der Waals surface area (Å²) in [5, 5.41) is 3.05.